The van der Waals surface area contributed by atoms with E-state index in [0.717, 1.165) is 15.8 Å². The van der Waals surface area contributed by atoms with Gasteiger partial charge in [-0.15, -0.1) is 0 Å². The summed E-state index contributed by atoms with van der Waals surface area (Å²) in [5.74, 6) is 0.501. The Kier molecular flexibility index (Phi) is 7.89. The van der Waals surface area contributed by atoms with E-state index in [0.29, 0.717) is 6.54 Å². The number of nitrogens with zero attached hydrogens (tertiary/aromatic N) is 2. The van der Waals surface area contributed by atoms with Crippen molar-refractivity contribution in [1.82, 2.24) is 15.1 Å². The van der Waals surface area contributed by atoms with Gasteiger partial charge in [-0.05, 0) is 46.0 Å². The molecule has 1 aromatic carbocycles. The molecule has 0 aliphatic carbocycles. The van der Waals surface area contributed by atoms with Gasteiger partial charge in [-0.1, -0.05) is 15.9 Å². The Balaban J connectivity index is 2.59. The van der Waals surface area contributed by atoms with E-state index >= 15 is 0 Å². The number of benzene rings is 1. The Hall–Kier alpha value is -1.60. The van der Waals surface area contributed by atoms with Gasteiger partial charge >= 0.3 is 0 Å². The van der Waals surface area contributed by atoms with Crippen molar-refractivity contribution >= 4 is 27.7 Å². The van der Waals surface area contributed by atoms with E-state index < -0.39 is 0 Å². The van der Waals surface area contributed by atoms with Crippen LogP contribution in [0.25, 0.3) is 0 Å². The Labute approximate surface area is 158 Å². The molecule has 0 spiro atoms. The van der Waals surface area contributed by atoms with E-state index in [1.54, 1.807) is 14.2 Å². The molecule has 140 valence electrons. The lowest BCUT2D eigenvalue weighted by molar-refractivity contribution is -0.136. The van der Waals surface area contributed by atoms with Crippen molar-refractivity contribution in [2.45, 2.75) is 32.9 Å². The molecular weight excluding hydrogens is 386 g/mol. The van der Waals surface area contributed by atoms with Gasteiger partial charge in [0.15, 0.2) is 0 Å². The minimum Gasteiger partial charge on any atom is -0.496 e. The molecule has 0 saturated heterocycles. The molecule has 0 bridgehead atoms. The van der Waals surface area contributed by atoms with Crippen LogP contribution in [0, 0.1) is 0 Å². The van der Waals surface area contributed by atoms with Gasteiger partial charge in [0.1, 0.15) is 5.75 Å². The van der Waals surface area contributed by atoms with Gasteiger partial charge in [-0.2, -0.15) is 0 Å². The first kappa shape index (κ1) is 21.4. The fraction of sp³-hybridized carbons (Fsp3) is 0.556. The Morgan fingerprint density at radius 3 is 2.40 bits per heavy atom. The molecule has 0 saturated carbocycles. The maximum Gasteiger partial charge on any atom is 0.240 e. The topological polar surface area (TPSA) is 61.9 Å². The van der Waals surface area contributed by atoms with Crippen LogP contribution in [0.3, 0.4) is 0 Å². The van der Waals surface area contributed by atoms with Crippen LogP contribution in [0.2, 0.25) is 0 Å². The van der Waals surface area contributed by atoms with Crippen molar-refractivity contribution in [3.8, 4) is 5.75 Å². The molecule has 6 nitrogen and oxygen atoms in total. The number of nitrogens with one attached hydrogen (secondary N) is 1. The highest BCUT2D eigenvalue weighted by Crippen LogP contribution is 2.24. The van der Waals surface area contributed by atoms with Crippen molar-refractivity contribution < 1.29 is 14.3 Å². The number of carbonyl (C=O) groups excluding carboxylic acids is 2. The van der Waals surface area contributed by atoms with Crippen molar-refractivity contribution in [3.05, 3.63) is 28.2 Å². The molecule has 1 N–H and O–H groups in total. The molecule has 1 aromatic rings. The van der Waals surface area contributed by atoms with Crippen LogP contribution in [-0.4, -0.2) is 61.4 Å². The third-order valence-electron chi connectivity index (χ3n) is 3.41. The van der Waals surface area contributed by atoms with Crippen molar-refractivity contribution in [1.29, 1.82) is 0 Å². The van der Waals surface area contributed by atoms with E-state index in [1.165, 1.54) is 4.90 Å². The molecule has 1 rings (SSSR count). The van der Waals surface area contributed by atoms with Crippen molar-refractivity contribution in [2.24, 2.45) is 0 Å². The molecule has 25 heavy (non-hydrogen) atoms. The molecule has 2 amide bonds. The zero-order valence-electron chi connectivity index (χ0n) is 15.9. The number of carbonyl (C=O) groups is 2. The van der Waals surface area contributed by atoms with Crippen LogP contribution in [0.4, 0.5) is 0 Å². The van der Waals surface area contributed by atoms with Gasteiger partial charge in [-0.25, -0.2) is 0 Å². The Morgan fingerprint density at radius 2 is 1.84 bits per heavy atom. The summed E-state index contributed by atoms with van der Waals surface area (Å²) in [5, 5.41) is 2.85. The fourth-order valence-electron chi connectivity index (χ4n) is 2.33. The summed E-state index contributed by atoms with van der Waals surface area (Å²) >= 11 is 3.45. The highest BCUT2D eigenvalue weighted by molar-refractivity contribution is 9.10. The summed E-state index contributed by atoms with van der Waals surface area (Å²) in [6.45, 7) is 6.55. The zero-order valence-corrected chi connectivity index (χ0v) is 17.4. The van der Waals surface area contributed by atoms with Crippen LogP contribution >= 0.6 is 15.9 Å². The van der Waals surface area contributed by atoms with E-state index in [2.05, 4.69) is 21.2 Å². The number of methoxy groups -OCH3 is 1. The number of halogens is 1. The third kappa shape index (κ3) is 7.88. The lowest BCUT2D eigenvalue weighted by atomic mass is 10.1. The van der Waals surface area contributed by atoms with Gasteiger partial charge in [-0.3, -0.25) is 14.5 Å². The molecule has 0 aliphatic rings. The highest BCUT2D eigenvalue weighted by Gasteiger charge is 2.19. The average molecular weight is 414 g/mol. The first-order valence-corrected chi connectivity index (χ1v) is 8.87. The van der Waals surface area contributed by atoms with E-state index in [4.69, 9.17) is 4.74 Å². The summed E-state index contributed by atoms with van der Waals surface area (Å²) in [7, 11) is 5.12. The highest BCUT2D eigenvalue weighted by atomic mass is 79.9. The standard InChI is InChI=1S/C18H28BrN3O3/c1-18(2,3)20-16(23)11-22(5)17(24)12-21(4)10-13-9-14(19)7-8-15(13)25-6/h7-9H,10-12H2,1-6H3,(H,20,23). The second-order valence-electron chi connectivity index (χ2n) is 7.18. The van der Waals surface area contributed by atoms with Crippen LogP contribution in [0.5, 0.6) is 5.75 Å². The second-order valence-corrected chi connectivity index (χ2v) is 8.09. The second kappa shape index (κ2) is 9.20. The lowest BCUT2D eigenvalue weighted by Gasteiger charge is -2.25. The number of hydrogen-bond donors (Lipinski definition) is 1. The van der Waals surface area contributed by atoms with Crippen LogP contribution in [0.1, 0.15) is 26.3 Å². The van der Waals surface area contributed by atoms with Crippen LogP contribution < -0.4 is 10.1 Å². The molecule has 0 atom stereocenters. The summed E-state index contributed by atoms with van der Waals surface area (Å²) in [6, 6.07) is 5.77. The first-order valence-electron chi connectivity index (χ1n) is 8.08. The van der Waals surface area contributed by atoms with Crippen molar-refractivity contribution in [2.75, 3.05) is 34.3 Å². The van der Waals surface area contributed by atoms with E-state index in [9.17, 15) is 9.59 Å². The van der Waals surface area contributed by atoms with Gasteiger partial charge in [0.05, 0.1) is 20.2 Å². The number of ether oxygens (including phenoxy) is 1. The van der Waals surface area contributed by atoms with Crippen molar-refractivity contribution in [3.63, 3.8) is 0 Å². The normalized spacial score (nSPS) is 11.4. The zero-order chi connectivity index (χ0) is 19.2. The maximum absolute atomic E-state index is 12.3. The Bertz CT molecular complexity index is 614. The quantitative estimate of drug-likeness (QED) is 0.744. The molecule has 0 radical (unpaired) electrons. The molecule has 7 heteroatoms. The Morgan fingerprint density at radius 1 is 1.20 bits per heavy atom. The smallest absolute Gasteiger partial charge is 0.240 e. The minimum atomic E-state index is -0.311. The number of hydrogen-bond acceptors (Lipinski definition) is 4. The predicted molar refractivity (Wildman–Crippen MR) is 103 cm³/mol. The minimum absolute atomic E-state index is 0.0458. The first-order chi connectivity index (χ1) is 11.5. The summed E-state index contributed by atoms with van der Waals surface area (Å²) in [5.41, 5.74) is 0.676. The molecule has 0 fully saturated rings. The van der Waals surface area contributed by atoms with E-state index in [-0.39, 0.29) is 30.4 Å². The number of rotatable bonds is 7. The fourth-order valence-corrected chi connectivity index (χ4v) is 2.74. The molecule has 0 aliphatic heterocycles. The third-order valence-corrected chi connectivity index (χ3v) is 3.90. The van der Waals surface area contributed by atoms with E-state index in [1.807, 2.05) is 50.9 Å². The largest absolute Gasteiger partial charge is 0.496 e. The molecule has 0 aromatic heterocycles. The number of likely N-dealkylation sites (N-methyl/N-ethyl adjacent to an activating group) is 2. The van der Waals surface area contributed by atoms with Gasteiger partial charge in [0.2, 0.25) is 11.8 Å². The monoisotopic (exact) mass is 413 g/mol. The summed E-state index contributed by atoms with van der Waals surface area (Å²) in [6.07, 6.45) is 0. The SMILES string of the molecule is COc1ccc(Br)cc1CN(C)CC(=O)N(C)CC(=O)NC(C)(C)C. The molecule has 0 unspecified atom stereocenters. The summed E-state index contributed by atoms with van der Waals surface area (Å²) < 4.78 is 6.31. The van der Waals surface area contributed by atoms with Crippen LogP contribution in [0.15, 0.2) is 22.7 Å². The van der Waals surface area contributed by atoms with Crippen LogP contribution in [-0.2, 0) is 16.1 Å². The lowest BCUT2D eigenvalue weighted by Crippen LogP contribution is -2.47. The summed E-state index contributed by atoms with van der Waals surface area (Å²) in [4.78, 5) is 27.6. The average Bonchev–Trinajstić information content (AvgIpc) is 2.45. The number of amides is 2. The van der Waals surface area contributed by atoms with Gasteiger partial charge < -0.3 is 15.0 Å². The van der Waals surface area contributed by atoms with Gasteiger partial charge in [0.25, 0.3) is 0 Å². The predicted octanol–water partition coefficient (Wildman–Crippen LogP) is 2.26. The molecule has 0 heterocycles. The van der Waals surface area contributed by atoms with Gasteiger partial charge in [0, 0.05) is 29.2 Å². The molecular formula is C18H28BrN3O3. The maximum atomic E-state index is 12.3.